The molecule has 6 nitrogen and oxygen atoms in total. The lowest BCUT2D eigenvalue weighted by Gasteiger charge is -2.10. The number of aromatic nitrogens is 2. The third kappa shape index (κ3) is 3.06. The van der Waals surface area contributed by atoms with Gasteiger partial charge >= 0.3 is 11.9 Å². The second-order valence-corrected chi connectivity index (χ2v) is 2.46. The van der Waals surface area contributed by atoms with E-state index in [1.54, 1.807) is 0 Å². The predicted octanol–water partition coefficient (Wildman–Crippen LogP) is 0.405. The average molecular weight is 221 g/mol. The molecule has 2 N–H and O–H groups in total. The molecule has 0 spiro atoms. The first kappa shape index (κ1) is 12.4. The van der Waals surface area contributed by atoms with Gasteiger partial charge in [0.15, 0.2) is 0 Å². The lowest BCUT2D eigenvalue weighted by Crippen LogP contribution is -2.21. The Kier molecular flexibility index (Phi) is 4.65. The highest BCUT2D eigenvalue weighted by atomic mass is 35.5. The summed E-state index contributed by atoms with van der Waals surface area (Å²) in [6.07, 6.45) is 3.65. The minimum atomic E-state index is -1.18. The van der Waals surface area contributed by atoms with Crippen LogP contribution in [0.15, 0.2) is 18.7 Å². The molecule has 1 atom stereocenters. The quantitative estimate of drug-likeness (QED) is 0.767. The maximum atomic E-state index is 10.6. The topological polar surface area (TPSA) is 92.4 Å². The van der Waals surface area contributed by atoms with E-state index in [9.17, 15) is 9.59 Å². The van der Waals surface area contributed by atoms with Crippen LogP contribution in [0, 0.1) is 0 Å². The summed E-state index contributed by atoms with van der Waals surface area (Å²) in [7, 11) is 0. The minimum absolute atomic E-state index is 0. The van der Waals surface area contributed by atoms with E-state index in [-0.39, 0.29) is 12.4 Å². The van der Waals surface area contributed by atoms with Crippen molar-refractivity contribution < 1.29 is 19.8 Å². The number of rotatable bonds is 4. The molecule has 1 aromatic heterocycles. The van der Waals surface area contributed by atoms with Crippen LogP contribution >= 0.6 is 12.4 Å². The highest BCUT2D eigenvalue weighted by Gasteiger charge is 2.21. The number of carboxylic acids is 2. The molecule has 1 rings (SSSR count). The Labute approximate surface area is 85.6 Å². The lowest BCUT2D eigenvalue weighted by molar-refractivity contribution is -0.147. The van der Waals surface area contributed by atoms with Crippen LogP contribution in [-0.4, -0.2) is 31.7 Å². The van der Waals surface area contributed by atoms with E-state index in [0.29, 0.717) is 0 Å². The number of hydrogen-bond donors (Lipinski definition) is 2. The summed E-state index contributed by atoms with van der Waals surface area (Å²) in [6, 6.07) is -1.08. The van der Waals surface area contributed by atoms with Gasteiger partial charge in [0.25, 0.3) is 0 Å². The number of carboxylic acid groups (broad SMARTS) is 2. The fourth-order valence-electron chi connectivity index (χ4n) is 0.939. The zero-order chi connectivity index (χ0) is 9.84. The molecule has 0 bridgehead atoms. The Morgan fingerprint density at radius 2 is 2.07 bits per heavy atom. The molecular formula is C7H9ClN2O4. The van der Waals surface area contributed by atoms with Gasteiger partial charge in [-0.15, -0.1) is 12.4 Å². The summed E-state index contributed by atoms with van der Waals surface area (Å²) in [5.41, 5.74) is 0. The van der Waals surface area contributed by atoms with Crippen molar-refractivity contribution >= 4 is 24.3 Å². The van der Waals surface area contributed by atoms with E-state index in [0.717, 1.165) is 0 Å². The molecule has 0 aromatic carbocycles. The molecule has 0 saturated heterocycles. The molecule has 0 fully saturated rings. The summed E-state index contributed by atoms with van der Waals surface area (Å²) in [5.74, 6) is -2.33. The Balaban J connectivity index is 0.00000169. The van der Waals surface area contributed by atoms with Crippen molar-refractivity contribution in [3.63, 3.8) is 0 Å². The number of nitrogens with zero attached hydrogens (tertiary/aromatic N) is 2. The van der Waals surface area contributed by atoms with Crippen LogP contribution in [0.4, 0.5) is 0 Å². The van der Waals surface area contributed by atoms with Gasteiger partial charge in [0.05, 0.1) is 12.7 Å². The lowest BCUT2D eigenvalue weighted by atomic mass is 10.2. The standard InChI is InChI=1S/C7H8N2O4.ClH/c10-6(11)3-5(7(12)13)9-2-1-8-4-9;/h1-2,4-5H,3H2,(H,10,11)(H,12,13);1H. The van der Waals surface area contributed by atoms with Crippen molar-refractivity contribution in [1.29, 1.82) is 0 Å². The van der Waals surface area contributed by atoms with Gasteiger partial charge in [-0.2, -0.15) is 0 Å². The van der Waals surface area contributed by atoms with Crippen LogP contribution in [0.25, 0.3) is 0 Å². The fourth-order valence-corrected chi connectivity index (χ4v) is 0.939. The molecule has 78 valence electrons. The van der Waals surface area contributed by atoms with Gasteiger partial charge in [0.2, 0.25) is 0 Å². The molecule has 0 aliphatic heterocycles. The Morgan fingerprint density at radius 3 is 2.43 bits per heavy atom. The molecular weight excluding hydrogens is 212 g/mol. The third-order valence-electron chi connectivity index (χ3n) is 1.54. The maximum absolute atomic E-state index is 10.6. The van der Waals surface area contributed by atoms with Crippen LogP contribution in [-0.2, 0) is 9.59 Å². The van der Waals surface area contributed by atoms with Crippen LogP contribution in [0.1, 0.15) is 12.5 Å². The summed E-state index contributed by atoms with van der Waals surface area (Å²) >= 11 is 0. The molecule has 0 saturated carbocycles. The SMILES string of the molecule is Cl.O=C(O)CC(C(=O)O)n1ccnc1. The van der Waals surface area contributed by atoms with E-state index < -0.39 is 24.4 Å². The van der Waals surface area contributed by atoms with Crippen molar-refractivity contribution in [1.82, 2.24) is 9.55 Å². The first-order chi connectivity index (χ1) is 6.11. The van der Waals surface area contributed by atoms with E-state index in [1.807, 2.05) is 0 Å². The number of hydrogen-bond acceptors (Lipinski definition) is 3. The molecule has 1 heterocycles. The van der Waals surface area contributed by atoms with Gasteiger partial charge in [-0.25, -0.2) is 9.78 Å². The van der Waals surface area contributed by atoms with E-state index in [1.165, 1.54) is 23.3 Å². The highest BCUT2D eigenvalue weighted by Crippen LogP contribution is 2.10. The van der Waals surface area contributed by atoms with Crippen molar-refractivity contribution in [3.05, 3.63) is 18.7 Å². The smallest absolute Gasteiger partial charge is 0.327 e. The number of aliphatic carboxylic acids is 2. The van der Waals surface area contributed by atoms with Gasteiger partial charge in [-0.05, 0) is 0 Å². The normalized spacial score (nSPS) is 11.4. The molecule has 0 amide bonds. The predicted molar refractivity (Wildman–Crippen MR) is 48.4 cm³/mol. The van der Waals surface area contributed by atoms with E-state index >= 15 is 0 Å². The second kappa shape index (κ2) is 5.23. The van der Waals surface area contributed by atoms with Gasteiger partial charge in [0.1, 0.15) is 6.04 Å². The summed E-state index contributed by atoms with van der Waals surface area (Å²) < 4.78 is 1.25. The Hall–Kier alpha value is -1.56. The monoisotopic (exact) mass is 220 g/mol. The van der Waals surface area contributed by atoms with Gasteiger partial charge < -0.3 is 14.8 Å². The first-order valence-corrected chi connectivity index (χ1v) is 3.53. The summed E-state index contributed by atoms with van der Waals surface area (Å²) in [5, 5.41) is 17.1. The Bertz CT molecular complexity index is 311. The molecule has 0 radical (unpaired) electrons. The summed E-state index contributed by atoms with van der Waals surface area (Å²) in [4.78, 5) is 24.6. The number of halogens is 1. The van der Waals surface area contributed by atoms with Gasteiger partial charge in [0, 0.05) is 12.4 Å². The molecule has 1 unspecified atom stereocenters. The molecule has 0 aliphatic carbocycles. The zero-order valence-corrected chi connectivity index (χ0v) is 7.85. The van der Waals surface area contributed by atoms with Crippen LogP contribution < -0.4 is 0 Å². The number of imidazole rings is 1. The fraction of sp³-hybridized carbons (Fsp3) is 0.286. The molecule has 0 aliphatic rings. The molecule has 1 aromatic rings. The van der Waals surface area contributed by atoms with E-state index in [2.05, 4.69) is 4.98 Å². The molecule has 14 heavy (non-hydrogen) atoms. The van der Waals surface area contributed by atoms with Crippen molar-refractivity contribution in [3.8, 4) is 0 Å². The van der Waals surface area contributed by atoms with Crippen LogP contribution in [0.3, 0.4) is 0 Å². The van der Waals surface area contributed by atoms with E-state index in [4.69, 9.17) is 10.2 Å². The average Bonchev–Trinajstić information content (AvgIpc) is 2.50. The van der Waals surface area contributed by atoms with Gasteiger partial charge in [-0.1, -0.05) is 0 Å². The van der Waals surface area contributed by atoms with Crippen LogP contribution in [0.2, 0.25) is 0 Å². The van der Waals surface area contributed by atoms with Crippen LogP contribution in [0.5, 0.6) is 0 Å². The first-order valence-electron chi connectivity index (χ1n) is 3.53. The highest BCUT2D eigenvalue weighted by molar-refractivity contribution is 5.85. The van der Waals surface area contributed by atoms with Crippen molar-refractivity contribution in [2.75, 3.05) is 0 Å². The van der Waals surface area contributed by atoms with Crippen molar-refractivity contribution in [2.45, 2.75) is 12.5 Å². The largest absolute Gasteiger partial charge is 0.481 e. The summed E-state index contributed by atoms with van der Waals surface area (Å²) in [6.45, 7) is 0. The zero-order valence-electron chi connectivity index (χ0n) is 7.03. The number of carbonyl (C=O) groups is 2. The second-order valence-electron chi connectivity index (χ2n) is 2.46. The third-order valence-corrected chi connectivity index (χ3v) is 1.54. The maximum Gasteiger partial charge on any atom is 0.327 e. The minimum Gasteiger partial charge on any atom is -0.481 e. The Morgan fingerprint density at radius 1 is 1.43 bits per heavy atom. The van der Waals surface area contributed by atoms with Gasteiger partial charge in [-0.3, -0.25) is 4.79 Å². The molecule has 7 heteroatoms. The van der Waals surface area contributed by atoms with Crippen molar-refractivity contribution in [2.24, 2.45) is 0 Å².